The Morgan fingerprint density at radius 2 is 1.46 bits per heavy atom. The normalized spacial score (nSPS) is 10.9. The van der Waals surface area contributed by atoms with Crippen LogP contribution in [0.25, 0.3) is 10.9 Å². The zero-order valence-electron chi connectivity index (χ0n) is 14.4. The van der Waals surface area contributed by atoms with Crippen LogP contribution in [0.15, 0.2) is 18.2 Å². The molecule has 0 spiro atoms. The second kappa shape index (κ2) is 5.96. The topological polar surface area (TPSA) is 80.7 Å². The highest BCUT2D eigenvalue weighted by atomic mass is 16.1. The van der Waals surface area contributed by atoms with Gasteiger partial charge >= 0.3 is 0 Å². The summed E-state index contributed by atoms with van der Waals surface area (Å²) in [6, 6.07) is 6.06. The maximum absolute atomic E-state index is 11.7. The molecular weight excluding hydrogens is 302 g/mol. The molecule has 0 saturated heterocycles. The van der Waals surface area contributed by atoms with Gasteiger partial charge in [-0.2, -0.15) is 0 Å². The fourth-order valence-electron chi connectivity index (χ4n) is 2.83. The number of carbonyl (C=O) groups excluding carboxylic acids is 1. The highest BCUT2D eigenvalue weighted by Gasteiger charge is 2.13. The number of fused-ring (bicyclic) bond motifs is 1. The molecule has 0 bridgehead atoms. The highest BCUT2D eigenvalue weighted by molar-refractivity contribution is 5.96. The largest absolute Gasteiger partial charge is 0.294 e. The van der Waals surface area contributed by atoms with Gasteiger partial charge in [-0.15, -0.1) is 0 Å². The first-order chi connectivity index (χ1) is 11.3. The number of rotatable bonds is 3. The standard InChI is InChI=1S/C18H19N5O/c1-9-6-7-15-14(8-9)10(2)19-18(22-15)23-17-20-11(3)16(13(5)24)12(4)21-17/h6-8H,1-5H3,(H,19,20,21,22,23). The molecule has 0 unspecified atom stereocenters. The van der Waals surface area contributed by atoms with E-state index in [9.17, 15) is 4.79 Å². The molecule has 0 atom stereocenters. The number of nitrogens with zero attached hydrogens (tertiary/aromatic N) is 4. The number of anilines is 2. The van der Waals surface area contributed by atoms with Crippen LogP contribution in [-0.4, -0.2) is 25.7 Å². The first-order valence-electron chi connectivity index (χ1n) is 7.73. The van der Waals surface area contributed by atoms with E-state index in [-0.39, 0.29) is 5.78 Å². The van der Waals surface area contributed by atoms with Gasteiger partial charge in [-0.3, -0.25) is 10.1 Å². The number of nitrogens with one attached hydrogen (secondary N) is 1. The van der Waals surface area contributed by atoms with E-state index in [1.54, 1.807) is 13.8 Å². The monoisotopic (exact) mass is 321 g/mol. The zero-order chi connectivity index (χ0) is 17.4. The molecule has 1 N–H and O–H groups in total. The molecule has 0 aliphatic carbocycles. The summed E-state index contributed by atoms with van der Waals surface area (Å²) in [5, 5.41) is 4.07. The van der Waals surface area contributed by atoms with Crippen molar-refractivity contribution in [3.05, 3.63) is 46.4 Å². The third-order valence-electron chi connectivity index (χ3n) is 3.89. The number of aryl methyl sites for hydroxylation is 4. The lowest BCUT2D eigenvalue weighted by molar-refractivity contribution is 0.101. The van der Waals surface area contributed by atoms with E-state index in [0.29, 0.717) is 28.8 Å². The second-order valence-corrected chi connectivity index (χ2v) is 5.93. The minimum atomic E-state index is -0.0373. The van der Waals surface area contributed by atoms with Crippen molar-refractivity contribution in [2.45, 2.75) is 34.6 Å². The molecule has 3 aromatic rings. The molecule has 0 aliphatic heterocycles. The first kappa shape index (κ1) is 16.0. The molecule has 2 aromatic heterocycles. The Morgan fingerprint density at radius 3 is 2.08 bits per heavy atom. The van der Waals surface area contributed by atoms with Gasteiger partial charge in [0.15, 0.2) is 5.78 Å². The van der Waals surface area contributed by atoms with Gasteiger partial charge in [0.1, 0.15) is 0 Å². The van der Waals surface area contributed by atoms with Gasteiger partial charge in [0, 0.05) is 5.39 Å². The van der Waals surface area contributed by atoms with Crippen LogP contribution in [0, 0.1) is 27.7 Å². The van der Waals surface area contributed by atoms with Gasteiger partial charge in [0.05, 0.1) is 28.2 Å². The van der Waals surface area contributed by atoms with Crippen molar-refractivity contribution in [1.82, 2.24) is 19.9 Å². The summed E-state index contributed by atoms with van der Waals surface area (Å²) < 4.78 is 0. The molecule has 24 heavy (non-hydrogen) atoms. The molecule has 0 saturated carbocycles. The number of benzene rings is 1. The number of hydrogen-bond donors (Lipinski definition) is 1. The van der Waals surface area contributed by atoms with Gasteiger partial charge in [0.25, 0.3) is 0 Å². The Hall–Kier alpha value is -2.89. The average Bonchev–Trinajstić information content (AvgIpc) is 2.47. The summed E-state index contributed by atoms with van der Waals surface area (Å²) in [4.78, 5) is 29.4. The van der Waals surface area contributed by atoms with E-state index in [1.165, 1.54) is 12.5 Å². The fourth-order valence-corrected chi connectivity index (χ4v) is 2.83. The molecule has 6 nitrogen and oxygen atoms in total. The van der Waals surface area contributed by atoms with Gasteiger partial charge in [0.2, 0.25) is 11.9 Å². The van der Waals surface area contributed by atoms with Gasteiger partial charge in [-0.25, -0.2) is 19.9 Å². The lowest BCUT2D eigenvalue weighted by Gasteiger charge is -2.10. The number of hydrogen-bond acceptors (Lipinski definition) is 6. The van der Waals surface area contributed by atoms with E-state index >= 15 is 0 Å². The summed E-state index contributed by atoms with van der Waals surface area (Å²) in [6.45, 7) is 9.10. The van der Waals surface area contributed by atoms with Gasteiger partial charge in [-0.1, -0.05) is 11.6 Å². The Balaban J connectivity index is 2.01. The van der Waals surface area contributed by atoms with Gasteiger partial charge in [-0.05, 0) is 46.8 Å². The Morgan fingerprint density at radius 1 is 0.875 bits per heavy atom. The van der Waals surface area contributed by atoms with E-state index in [4.69, 9.17) is 0 Å². The quantitative estimate of drug-likeness (QED) is 0.742. The summed E-state index contributed by atoms with van der Waals surface area (Å²) in [5.74, 6) is 0.795. The molecule has 2 heterocycles. The van der Waals surface area contributed by atoms with Crippen LogP contribution in [0.2, 0.25) is 0 Å². The minimum absolute atomic E-state index is 0.0373. The first-order valence-corrected chi connectivity index (χ1v) is 7.73. The Labute approximate surface area is 140 Å². The average molecular weight is 321 g/mol. The van der Waals surface area contributed by atoms with Crippen LogP contribution in [-0.2, 0) is 0 Å². The molecule has 6 heteroatoms. The van der Waals surface area contributed by atoms with E-state index in [1.807, 2.05) is 26.0 Å². The fraction of sp³-hybridized carbons (Fsp3) is 0.278. The maximum Gasteiger partial charge on any atom is 0.230 e. The van der Waals surface area contributed by atoms with Crippen molar-refractivity contribution in [3.8, 4) is 0 Å². The lowest BCUT2D eigenvalue weighted by atomic mass is 10.1. The Bertz CT molecular complexity index is 942. The predicted molar refractivity (Wildman–Crippen MR) is 93.8 cm³/mol. The minimum Gasteiger partial charge on any atom is -0.294 e. The van der Waals surface area contributed by atoms with Crippen LogP contribution in [0.5, 0.6) is 0 Å². The third-order valence-corrected chi connectivity index (χ3v) is 3.89. The molecule has 0 fully saturated rings. The van der Waals surface area contributed by atoms with Crippen molar-refractivity contribution in [3.63, 3.8) is 0 Å². The SMILES string of the molecule is CC(=O)c1c(C)nc(Nc2nc(C)c3cc(C)ccc3n2)nc1C. The summed E-state index contributed by atoms with van der Waals surface area (Å²) in [7, 11) is 0. The molecule has 122 valence electrons. The maximum atomic E-state index is 11.7. The second-order valence-electron chi connectivity index (χ2n) is 5.93. The van der Waals surface area contributed by atoms with Crippen molar-refractivity contribution in [2.75, 3.05) is 5.32 Å². The number of carbonyl (C=O) groups is 1. The molecular formula is C18H19N5O. The van der Waals surface area contributed by atoms with E-state index in [2.05, 4.69) is 31.3 Å². The van der Waals surface area contributed by atoms with Crippen LogP contribution in [0.1, 0.15) is 39.9 Å². The number of aromatic nitrogens is 4. The van der Waals surface area contributed by atoms with Crippen LogP contribution in [0.4, 0.5) is 11.9 Å². The number of ketones is 1. The summed E-state index contributed by atoms with van der Waals surface area (Å²) in [5.41, 5.74) is 4.77. The summed E-state index contributed by atoms with van der Waals surface area (Å²) >= 11 is 0. The van der Waals surface area contributed by atoms with Crippen molar-refractivity contribution in [1.29, 1.82) is 0 Å². The highest BCUT2D eigenvalue weighted by Crippen LogP contribution is 2.21. The zero-order valence-corrected chi connectivity index (χ0v) is 14.4. The van der Waals surface area contributed by atoms with Crippen LogP contribution >= 0.6 is 0 Å². The molecule has 0 radical (unpaired) electrons. The lowest BCUT2D eigenvalue weighted by Crippen LogP contribution is -2.09. The molecule has 0 aliphatic rings. The van der Waals surface area contributed by atoms with Crippen molar-refractivity contribution in [2.24, 2.45) is 0 Å². The van der Waals surface area contributed by atoms with Crippen molar-refractivity contribution < 1.29 is 4.79 Å². The van der Waals surface area contributed by atoms with Crippen molar-refractivity contribution >= 4 is 28.6 Å². The predicted octanol–water partition coefficient (Wildman–Crippen LogP) is 3.60. The van der Waals surface area contributed by atoms with E-state index in [0.717, 1.165) is 16.6 Å². The van der Waals surface area contributed by atoms with Crippen LogP contribution < -0.4 is 5.32 Å². The van der Waals surface area contributed by atoms with E-state index < -0.39 is 0 Å². The smallest absolute Gasteiger partial charge is 0.230 e. The molecule has 0 amide bonds. The third kappa shape index (κ3) is 2.95. The summed E-state index contributed by atoms with van der Waals surface area (Å²) in [6.07, 6.45) is 0. The number of Topliss-reactive ketones (excluding diaryl/α,β-unsaturated/α-hetero) is 1. The molecule has 3 rings (SSSR count). The Kier molecular flexibility index (Phi) is 3.97. The molecule has 1 aromatic carbocycles. The van der Waals surface area contributed by atoms with Gasteiger partial charge < -0.3 is 0 Å². The van der Waals surface area contributed by atoms with Crippen LogP contribution in [0.3, 0.4) is 0 Å².